The monoisotopic (exact) mass is 578 g/mol. The number of aliphatic imine (C=N–C) groups is 1. The van der Waals surface area contributed by atoms with Gasteiger partial charge in [0.2, 0.25) is 5.75 Å². The van der Waals surface area contributed by atoms with Gasteiger partial charge in [0.1, 0.15) is 5.54 Å². The number of fused-ring (bicyclic) bond motifs is 1. The molecule has 0 radical (unpaired) electrons. The quantitative estimate of drug-likeness (QED) is 0.259. The number of primary amides is 1. The Morgan fingerprint density at radius 2 is 1.90 bits per heavy atom. The summed E-state index contributed by atoms with van der Waals surface area (Å²) in [5.41, 5.74) is 0.658. The summed E-state index contributed by atoms with van der Waals surface area (Å²) in [6.07, 6.45) is -3.46. The van der Waals surface area contributed by atoms with E-state index in [-0.39, 0.29) is 40.0 Å². The van der Waals surface area contributed by atoms with Gasteiger partial charge in [0.15, 0.2) is 23.2 Å². The van der Waals surface area contributed by atoms with Gasteiger partial charge < -0.3 is 15.4 Å². The molecule has 2 N–H and O–H groups in total. The molecule has 2 amide bonds. The molecular weight excluding hydrogens is 556 g/mol. The Hall–Kier alpha value is -4.40. The van der Waals surface area contributed by atoms with Gasteiger partial charge in [0.25, 0.3) is 11.8 Å². The normalized spacial score (nSPS) is 15.2. The zero-order chi connectivity index (χ0) is 29.7. The summed E-state index contributed by atoms with van der Waals surface area (Å²) in [6.45, 7) is 7.06. The van der Waals surface area contributed by atoms with Crippen molar-refractivity contribution in [3.63, 3.8) is 0 Å². The maximum absolute atomic E-state index is 15.4. The van der Waals surface area contributed by atoms with Crippen molar-refractivity contribution in [1.82, 2.24) is 9.38 Å². The van der Waals surface area contributed by atoms with E-state index in [2.05, 4.69) is 16.7 Å². The average Bonchev–Trinajstić information content (AvgIpc) is 3.05. The van der Waals surface area contributed by atoms with Crippen LogP contribution in [0.15, 0.2) is 40.2 Å². The first-order valence-corrected chi connectivity index (χ1v) is 12.1. The van der Waals surface area contributed by atoms with E-state index in [9.17, 15) is 27.6 Å². The number of anilines is 2. The fraction of sp³-hybridized carbons (Fsp3) is 0.280. The van der Waals surface area contributed by atoms with E-state index in [1.165, 1.54) is 31.0 Å². The summed E-state index contributed by atoms with van der Waals surface area (Å²) >= 11 is 5.50. The zero-order valence-corrected chi connectivity index (χ0v) is 22.2. The molecule has 0 aliphatic carbocycles. The summed E-state index contributed by atoms with van der Waals surface area (Å²) in [6, 6.07) is 4.00. The molecule has 0 bridgehead atoms. The zero-order valence-electron chi connectivity index (χ0n) is 21.4. The van der Waals surface area contributed by atoms with Crippen LogP contribution in [0.1, 0.15) is 32.0 Å². The summed E-state index contributed by atoms with van der Waals surface area (Å²) in [5, 5.41) is -0.266. The van der Waals surface area contributed by atoms with Gasteiger partial charge in [0, 0.05) is 12.3 Å². The first-order valence-electron chi connectivity index (χ1n) is 11.7. The number of alkyl halides is 3. The Kier molecular flexibility index (Phi) is 7.13. The first kappa shape index (κ1) is 28.6. The van der Waals surface area contributed by atoms with Crippen molar-refractivity contribution < 1.29 is 31.9 Å². The van der Waals surface area contributed by atoms with Crippen LogP contribution in [-0.2, 0) is 22.2 Å². The van der Waals surface area contributed by atoms with Crippen LogP contribution in [0.2, 0.25) is 0 Å². The third-order valence-electron chi connectivity index (χ3n) is 6.23. The lowest BCUT2D eigenvalue weighted by Gasteiger charge is -2.29. The van der Waals surface area contributed by atoms with Gasteiger partial charge in [-0.3, -0.25) is 28.7 Å². The largest absolute Gasteiger partial charge is 0.476 e. The number of carbonyl (C=O) groups is 2. The number of aryl methyl sites for hydroxylation is 1. The summed E-state index contributed by atoms with van der Waals surface area (Å²) < 4.78 is 62.4. The molecule has 2 aromatic heterocycles. The predicted molar refractivity (Wildman–Crippen MR) is 143 cm³/mol. The Labute approximate surface area is 229 Å². The fourth-order valence-corrected chi connectivity index (χ4v) is 4.87. The van der Waals surface area contributed by atoms with E-state index in [1.807, 2.05) is 0 Å². The minimum atomic E-state index is -4.80. The Bertz CT molecular complexity index is 1650. The Morgan fingerprint density at radius 3 is 2.48 bits per heavy atom. The number of benzene rings is 1. The van der Waals surface area contributed by atoms with Gasteiger partial charge in [-0.15, -0.1) is 0 Å². The molecule has 4 rings (SSSR count). The third-order valence-corrected chi connectivity index (χ3v) is 6.59. The molecule has 3 heterocycles. The number of hydrogen-bond acceptors (Lipinski definition) is 7. The van der Waals surface area contributed by atoms with Crippen molar-refractivity contribution >= 4 is 58.6 Å². The third kappa shape index (κ3) is 4.65. The second-order valence-corrected chi connectivity index (χ2v) is 9.58. The van der Waals surface area contributed by atoms with Crippen LogP contribution < -0.4 is 25.8 Å². The predicted octanol–water partition coefficient (Wildman–Crippen LogP) is 3.53. The van der Waals surface area contributed by atoms with E-state index in [4.69, 9.17) is 22.7 Å². The molecule has 40 heavy (non-hydrogen) atoms. The molecule has 15 heteroatoms. The average molecular weight is 579 g/mol. The van der Waals surface area contributed by atoms with Crippen molar-refractivity contribution in [2.75, 3.05) is 16.4 Å². The number of thiocarbonyl (C=S) groups is 1. The lowest BCUT2D eigenvalue weighted by Crippen LogP contribution is -2.44. The minimum absolute atomic E-state index is 0.0646. The number of halogens is 4. The number of hydrogen-bond donors (Lipinski definition) is 1. The fourth-order valence-electron chi connectivity index (χ4n) is 4.35. The van der Waals surface area contributed by atoms with Gasteiger partial charge in [-0.25, -0.2) is 9.37 Å². The van der Waals surface area contributed by atoms with Gasteiger partial charge in [-0.2, -0.15) is 13.2 Å². The molecule has 0 atom stereocenters. The molecule has 1 aliphatic rings. The number of carbonyl (C=O) groups excluding carboxylic acids is 2. The molecule has 1 aliphatic heterocycles. The van der Waals surface area contributed by atoms with Crippen molar-refractivity contribution in [3.8, 4) is 5.75 Å². The van der Waals surface area contributed by atoms with Crippen LogP contribution in [0.25, 0.3) is 5.65 Å². The molecule has 1 fully saturated rings. The van der Waals surface area contributed by atoms with E-state index < -0.39 is 52.8 Å². The number of nitrogens with two attached hydrogens (primary N) is 1. The molecule has 10 nitrogen and oxygen atoms in total. The molecular formula is C25H22F4N6O4S. The molecule has 1 saturated heterocycles. The van der Waals surface area contributed by atoms with E-state index in [1.54, 1.807) is 6.92 Å². The second-order valence-electron chi connectivity index (χ2n) is 9.22. The lowest BCUT2D eigenvalue weighted by molar-refractivity contribution is -0.137. The Balaban J connectivity index is 1.87. The molecule has 1 aromatic carbocycles. The number of aromatic nitrogens is 2. The van der Waals surface area contributed by atoms with Crippen LogP contribution in [0.3, 0.4) is 0 Å². The molecule has 3 aromatic rings. The highest BCUT2D eigenvalue weighted by Gasteiger charge is 2.51. The maximum Gasteiger partial charge on any atom is 0.418 e. The summed E-state index contributed by atoms with van der Waals surface area (Å²) in [5.74, 6) is -2.81. The molecule has 0 spiro atoms. The number of nitrogens with zero attached hydrogens (tertiary/aromatic N) is 5. The van der Waals surface area contributed by atoms with Crippen LogP contribution in [0.4, 0.5) is 34.6 Å². The minimum Gasteiger partial charge on any atom is -0.476 e. The Morgan fingerprint density at radius 1 is 1.23 bits per heavy atom. The van der Waals surface area contributed by atoms with Crippen LogP contribution in [-0.4, -0.2) is 45.2 Å². The van der Waals surface area contributed by atoms with E-state index in [0.717, 1.165) is 27.5 Å². The lowest BCUT2D eigenvalue weighted by atomic mass is 10.0. The standard InChI is InChI=1S/C25H22F4N6O4S/c1-5-16-19(39-11-18(30)36)21(37)33-10-13(9-15(26)20(33)32-16)35-23(40)34(22(38)24(35,2)3)12-6-7-17(31-4)14(8-12)25(27,28)29/h6-10H,4-5,11H2,1-3H3,(H2,30,36). The molecule has 0 saturated carbocycles. The number of amides is 2. The molecule has 210 valence electrons. The van der Waals surface area contributed by atoms with Crippen molar-refractivity contribution in [2.45, 2.75) is 38.9 Å². The van der Waals surface area contributed by atoms with Crippen molar-refractivity contribution in [1.29, 1.82) is 0 Å². The highest BCUT2D eigenvalue weighted by atomic mass is 32.1. The highest BCUT2D eigenvalue weighted by Crippen LogP contribution is 2.42. The SMILES string of the molecule is C=Nc1ccc(N2C(=O)C(C)(C)N(c3cc(F)c4nc(CC)c(OCC(N)=O)c(=O)n4c3)C2=S)cc1C(F)(F)F. The van der Waals surface area contributed by atoms with Gasteiger partial charge in [-0.05, 0) is 57.4 Å². The van der Waals surface area contributed by atoms with E-state index in [0.29, 0.717) is 0 Å². The molecule has 0 unspecified atom stereocenters. The topological polar surface area (TPSA) is 123 Å². The van der Waals surface area contributed by atoms with Crippen LogP contribution >= 0.6 is 12.2 Å². The van der Waals surface area contributed by atoms with Gasteiger partial charge >= 0.3 is 11.7 Å². The first-order chi connectivity index (χ1) is 18.6. The number of ether oxygens (including phenoxy) is 1. The van der Waals surface area contributed by atoms with Crippen LogP contribution in [0, 0.1) is 5.82 Å². The van der Waals surface area contributed by atoms with E-state index >= 15 is 4.39 Å². The highest BCUT2D eigenvalue weighted by molar-refractivity contribution is 7.81. The van der Waals surface area contributed by atoms with Crippen molar-refractivity contribution in [3.05, 3.63) is 57.9 Å². The van der Waals surface area contributed by atoms with Gasteiger partial charge in [0.05, 0.1) is 28.3 Å². The summed E-state index contributed by atoms with van der Waals surface area (Å²) in [7, 11) is 0. The van der Waals surface area contributed by atoms with Crippen molar-refractivity contribution in [2.24, 2.45) is 10.7 Å². The van der Waals surface area contributed by atoms with Gasteiger partial charge in [-0.1, -0.05) is 6.92 Å². The smallest absolute Gasteiger partial charge is 0.418 e. The number of rotatable bonds is 7. The second kappa shape index (κ2) is 9.97. The van der Waals surface area contributed by atoms with Crippen LogP contribution in [0.5, 0.6) is 5.75 Å². The maximum atomic E-state index is 15.4. The summed E-state index contributed by atoms with van der Waals surface area (Å²) in [4.78, 5) is 47.6. The number of pyridine rings is 1.